The summed E-state index contributed by atoms with van der Waals surface area (Å²) in [7, 11) is 0. The van der Waals surface area contributed by atoms with Crippen LogP contribution in [0.3, 0.4) is 0 Å². The quantitative estimate of drug-likeness (QED) is 0.555. The first-order valence-electron chi connectivity index (χ1n) is 6.12. The van der Waals surface area contributed by atoms with Crippen molar-refractivity contribution in [3.8, 4) is 0 Å². The lowest BCUT2D eigenvalue weighted by Gasteiger charge is -2.45. The SMILES string of the molecule is C=C(N=O)C1=C(SCCN)CC2C(C(C)O)C(=O)N12. The number of aliphatic hydroxyl groups excluding tert-OH is 1. The maximum atomic E-state index is 12.0. The van der Waals surface area contributed by atoms with E-state index in [0.717, 1.165) is 4.91 Å². The van der Waals surface area contributed by atoms with Crippen molar-refractivity contribution in [2.45, 2.75) is 25.5 Å². The highest BCUT2D eigenvalue weighted by Gasteiger charge is 2.55. The number of carbonyl (C=O) groups excluding carboxylic acids is 1. The molecular weight excluding hydrogens is 266 g/mol. The molecule has 2 rings (SSSR count). The van der Waals surface area contributed by atoms with Gasteiger partial charge in [-0.05, 0) is 12.1 Å². The molecule has 0 radical (unpaired) electrons. The fourth-order valence-corrected chi connectivity index (χ4v) is 3.67. The van der Waals surface area contributed by atoms with Gasteiger partial charge in [-0.3, -0.25) is 4.79 Å². The third-order valence-corrected chi connectivity index (χ3v) is 4.61. The minimum atomic E-state index is -0.689. The second-order valence-corrected chi connectivity index (χ2v) is 5.88. The Morgan fingerprint density at radius 2 is 2.42 bits per heavy atom. The van der Waals surface area contributed by atoms with Crippen LogP contribution >= 0.6 is 11.8 Å². The van der Waals surface area contributed by atoms with Crippen LogP contribution in [0, 0.1) is 10.8 Å². The first kappa shape index (κ1) is 14.2. The topological polar surface area (TPSA) is 96.0 Å². The van der Waals surface area contributed by atoms with Crippen LogP contribution in [0.5, 0.6) is 0 Å². The molecule has 6 nitrogen and oxygen atoms in total. The van der Waals surface area contributed by atoms with E-state index >= 15 is 0 Å². The maximum absolute atomic E-state index is 12.0. The van der Waals surface area contributed by atoms with E-state index in [4.69, 9.17) is 5.73 Å². The normalized spacial score (nSPS) is 27.1. The summed E-state index contributed by atoms with van der Waals surface area (Å²) in [5, 5.41) is 12.5. The van der Waals surface area contributed by atoms with Crippen LogP contribution in [0.15, 0.2) is 28.1 Å². The molecule has 0 spiro atoms. The second-order valence-electron chi connectivity index (χ2n) is 4.69. The van der Waals surface area contributed by atoms with E-state index in [0.29, 0.717) is 24.4 Å². The van der Waals surface area contributed by atoms with Gasteiger partial charge in [0, 0.05) is 23.6 Å². The van der Waals surface area contributed by atoms with Crippen molar-refractivity contribution < 1.29 is 9.90 Å². The van der Waals surface area contributed by atoms with Crippen LogP contribution in [0.25, 0.3) is 0 Å². The molecule has 1 fully saturated rings. The lowest BCUT2D eigenvalue weighted by atomic mass is 9.83. The predicted molar refractivity (Wildman–Crippen MR) is 73.9 cm³/mol. The lowest BCUT2D eigenvalue weighted by molar-refractivity contribution is -0.157. The smallest absolute Gasteiger partial charge is 0.235 e. The molecule has 19 heavy (non-hydrogen) atoms. The standard InChI is InChI=1S/C12H17N3O3S/c1-6(14-18)11-9(19-4-3-13)5-8-10(7(2)16)12(17)15(8)11/h7-8,10,16H,1,3-5,13H2,2H3. The van der Waals surface area contributed by atoms with Crippen LogP contribution in [-0.2, 0) is 4.79 Å². The lowest BCUT2D eigenvalue weighted by Crippen LogP contribution is -2.61. The number of β-lactam (4-membered cyclic amide) rings is 1. The Balaban J connectivity index is 2.25. The zero-order valence-corrected chi connectivity index (χ0v) is 11.5. The van der Waals surface area contributed by atoms with E-state index in [-0.39, 0.29) is 17.6 Å². The summed E-state index contributed by atoms with van der Waals surface area (Å²) in [5.74, 6) is 0.146. The Hall–Kier alpha value is -1.18. The minimum Gasteiger partial charge on any atom is -0.393 e. The molecule has 1 saturated heterocycles. The van der Waals surface area contributed by atoms with Gasteiger partial charge in [-0.2, -0.15) is 0 Å². The van der Waals surface area contributed by atoms with Crippen molar-refractivity contribution in [3.63, 3.8) is 0 Å². The molecule has 0 bridgehead atoms. The van der Waals surface area contributed by atoms with Gasteiger partial charge >= 0.3 is 0 Å². The van der Waals surface area contributed by atoms with Crippen LogP contribution in [0.2, 0.25) is 0 Å². The van der Waals surface area contributed by atoms with Crippen molar-refractivity contribution in [2.24, 2.45) is 16.8 Å². The van der Waals surface area contributed by atoms with Gasteiger partial charge in [0.25, 0.3) is 0 Å². The summed E-state index contributed by atoms with van der Waals surface area (Å²) in [4.78, 5) is 25.2. The summed E-state index contributed by atoms with van der Waals surface area (Å²) in [6.45, 7) is 5.72. The van der Waals surface area contributed by atoms with Crippen LogP contribution in [0.1, 0.15) is 13.3 Å². The number of thioether (sulfide) groups is 1. The number of nitrogens with zero attached hydrogens (tertiary/aromatic N) is 2. The fourth-order valence-electron chi connectivity index (χ4n) is 2.66. The molecule has 0 aromatic heterocycles. The first-order valence-corrected chi connectivity index (χ1v) is 7.11. The summed E-state index contributed by atoms with van der Waals surface area (Å²) >= 11 is 1.52. The van der Waals surface area contributed by atoms with Gasteiger partial charge in [-0.25, -0.2) is 0 Å². The number of nitroso groups, excluding NO2 is 1. The molecule has 2 aliphatic rings. The molecule has 0 aromatic rings. The molecular formula is C12H17N3O3S. The molecule has 2 heterocycles. The average Bonchev–Trinajstić information content (AvgIpc) is 2.69. The molecule has 0 saturated carbocycles. The number of rotatable bonds is 6. The Labute approximate surface area is 115 Å². The third-order valence-electron chi connectivity index (χ3n) is 3.47. The van der Waals surface area contributed by atoms with E-state index in [9.17, 15) is 14.8 Å². The Kier molecular flexibility index (Phi) is 4.07. The van der Waals surface area contributed by atoms with Gasteiger partial charge in [-0.1, -0.05) is 6.58 Å². The number of hydrogen-bond donors (Lipinski definition) is 2. The van der Waals surface area contributed by atoms with E-state index < -0.39 is 12.0 Å². The van der Waals surface area contributed by atoms with Crippen molar-refractivity contribution >= 4 is 17.7 Å². The van der Waals surface area contributed by atoms with Crippen molar-refractivity contribution in [1.82, 2.24) is 4.90 Å². The summed E-state index contributed by atoms with van der Waals surface area (Å²) < 4.78 is 0. The van der Waals surface area contributed by atoms with E-state index in [1.807, 2.05) is 0 Å². The van der Waals surface area contributed by atoms with Crippen molar-refractivity contribution in [1.29, 1.82) is 0 Å². The number of hydrogen-bond acceptors (Lipinski definition) is 6. The zero-order chi connectivity index (χ0) is 14.2. The monoisotopic (exact) mass is 283 g/mol. The van der Waals surface area contributed by atoms with Crippen LogP contribution in [0.4, 0.5) is 0 Å². The van der Waals surface area contributed by atoms with E-state index in [2.05, 4.69) is 11.8 Å². The molecule has 7 heteroatoms. The van der Waals surface area contributed by atoms with Crippen LogP contribution in [-0.4, -0.2) is 40.4 Å². The Morgan fingerprint density at radius 1 is 1.74 bits per heavy atom. The van der Waals surface area contributed by atoms with Crippen molar-refractivity contribution in [2.75, 3.05) is 12.3 Å². The fraction of sp³-hybridized carbons (Fsp3) is 0.583. The highest BCUT2D eigenvalue weighted by Crippen LogP contribution is 2.48. The molecule has 104 valence electrons. The average molecular weight is 283 g/mol. The van der Waals surface area contributed by atoms with E-state index in [1.54, 1.807) is 11.8 Å². The van der Waals surface area contributed by atoms with E-state index in [1.165, 1.54) is 11.8 Å². The zero-order valence-electron chi connectivity index (χ0n) is 10.7. The van der Waals surface area contributed by atoms with Gasteiger partial charge in [0.1, 0.15) is 5.70 Å². The van der Waals surface area contributed by atoms with Gasteiger partial charge in [-0.15, -0.1) is 16.7 Å². The van der Waals surface area contributed by atoms with Gasteiger partial charge < -0.3 is 15.7 Å². The number of carbonyl (C=O) groups is 1. The number of fused-ring (bicyclic) bond motifs is 1. The predicted octanol–water partition coefficient (Wildman–Crippen LogP) is 0.781. The maximum Gasteiger partial charge on any atom is 0.235 e. The molecule has 0 aliphatic carbocycles. The number of amides is 1. The second kappa shape index (κ2) is 5.44. The minimum absolute atomic E-state index is 0.0689. The number of nitrogens with two attached hydrogens (primary N) is 1. The van der Waals surface area contributed by atoms with Gasteiger partial charge in [0.05, 0.1) is 23.8 Å². The molecule has 2 aliphatic heterocycles. The third kappa shape index (κ3) is 2.22. The summed E-state index contributed by atoms with van der Waals surface area (Å²) in [5.41, 5.74) is 6.06. The first-order chi connectivity index (χ1) is 9.02. The molecule has 3 N–H and O–H groups in total. The van der Waals surface area contributed by atoms with Crippen molar-refractivity contribution in [3.05, 3.63) is 27.8 Å². The van der Waals surface area contributed by atoms with Gasteiger partial charge in [0.15, 0.2) is 0 Å². The Morgan fingerprint density at radius 3 is 2.95 bits per heavy atom. The summed E-state index contributed by atoms with van der Waals surface area (Å²) in [6.07, 6.45) is -0.0538. The molecule has 3 atom stereocenters. The van der Waals surface area contributed by atoms with Gasteiger partial charge in [0.2, 0.25) is 5.91 Å². The molecule has 3 unspecified atom stereocenters. The number of aliphatic hydroxyl groups is 1. The van der Waals surface area contributed by atoms with Crippen LogP contribution < -0.4 is 5.73 Å². The Bertz CT molecular complexity index is 461. The largest absolute Gasteiger partial charge is 0.393 e. The summed E-state index contributed by atoms with van der Waals surface area (Å²) in [6, 6.07) is -0.0822. The molecule has 0 aromatic carbocycles. The highest BCUT2D eigenvalue weighted by molar-refractivity contribution is 8.03. The molecule has 1 amide bonds. The highest BCUT2D eigenvalue weighted by atomic mass is 32.2.